The maximum absolute atomic E-state index is 6.45. The summed E-state index contributed by atoms with van der Waals surface area (Å²) in [6.45, 7) is 0. The van der Waals surface area contributed by atoms with Crippen molar-refractivity contribution >= 4 is 30.1 Å². The summed E-state index contributed by atoms with van der Waals surface area (Å²) in [5.74, 6) is 2.09. The Labute approximate surface area is 211 Å². The highest BCUT2D eigenvalue weighted by molar-refractivity contribution is 7.43. The van der Waals surface area contributed by atoms with Gasteiger partial charge >= 0.3 is 8.60 Å². The Morgan fingerprint density at radius 1 is 0.389 bits per heavy atom. The molecule has 0 aliphatic carbocycles. The van der Waals surface area contributed by atoms with Crippen molar-refractivity contribution in [2.24, 2.45) is 0 Å². The molecular weight excluding hydrogens is 463 g/mol. The molecule has 0 saturated carbocycles. The molecule has 0 bridgehead atoms. The van der Waals surface area contributed by atoms with E-state index in [-0.39, 0.29) is 0 Å². The molecule has 0 N–H and O–H groups in total. The Balaban J connectivity index is 1.35. The quantitative estimate of drug-likeness (QED) is 0.210. The first-order valence-electron chi connectivity index (χ1n) is 11.8. The van der Waals surface area contributed by atoms with Gasteiger partial charge in [0.15, 0.2) is 0 Å². The number of fused-ring (bicyclic) bond motifs is 2. The van der Waals surface area contributed by atoms with E-state index in [0.717, 1.165) is 32.7 Å². The first-order chi connectivity index (χ1) is 17.8. The standard InChI is InChI=1S/C32H23O3P/c1-2-12-26(13-3-1)31-16-8-9-17-32(31)35-36(33-29-20-18-24-10-4-6-14-27(24)22-29)34-30-21-19-25-11-5-7-15-28(25)23-30/h1-23H. The van der Waals surface area contributed by atoms with Crippen LogP contribution < -0.4 is 13.6 Å². The summed E-state index contributed by atoms with van der Waals surface area (Å²) in [4.78, 5) is 0. The molecular formula is C32H23O3P. The van der Waals surface area contributed by atoms with Gasteiger partial charge in [0, 0.05) is 5.56 Å². The lowest BCUT2D eigenvalue weighted by Gasteiger charge is -2.20. The molecule has 0 unspecified atom stereocenters. The van der Waals surface area contributed by atoms with Gasteiger partial charge in [-0.05, 0) is 57.4 Å². The number of hydrogen-bond donors (Lipinski definition) is 0. The van der Waals surface area contributed by atoms with Crippen molar-refractivity contribution in [3.63, 3.8) is 0 Å². The second-order valence-corrected chi connectivity index (χ2v) is 9.37. The summed E-state index contributed by atoms with van der Waals surface area (Å²) in [5.41, 5.74) is 2.05. The monoisotopic (exact) mass is 486 g/mol. The summed E-state index contributed by atoms with van der Waals surface area (Å²) in [5, 5.41) is 4.50. The minimum absolute atomic E-state index is 0.692. The normalized spacial score (nSPS) is 11.0. The van der Waals surface area contributed by atoms with Gasteiger partial charge < -0.3 is 13.6 Å². The van der Waals surface area contributed by atoms with Gasteiger partial charge in [-0.1, -0.05) is 109 Å². The van der Waals surface area contributed by atoms with Crippen molar-refractivity contribution in [3.05, 3.63) is 140 Å². The van der Waals surface area contributed by atoms with Crippen molar-refractivity contribution < 1.29 is 13.6 Å². The molecule has 0 amide bonds. The smallest absolute Gasteiger partial charge is 0.408 e. The van der Waals surface area contributed by atoms with E-state index in [9.17, 15) is 0 Å². The average molecular weight is 487 g/mol. The van der Waals surface area contributed by atoms with E-state index >= 15 is 0 Å². The van der Waals surface area contributed by atoms with Crippen molar-refractivity contribution in [3.8, 4) is 28.4 Å². The molecule has 6 aromatic carbocycles. The second kappa shape index (κ2) is 10.1. The predicted molar refractivity (Wildman–Crippen MR) is 149 cm³/mol. The van der Waals surface area contributed by atoms with Gasteiger partial charge in [-0.3, -0.25) is 0 Å². The first-order valence-corrected chi connectivity index (χ1v) is 12.9. The van der Waals surface area contributed by atoms with Gasteiger partial charge in [-0.25, -0.2) is 0 Å². The lowest BCUT2D eigenvalue weighted by atomic mass is 10.1. The Morgan fingerprint density at radius 2 is 0.889 bits per heavy atom. The molecule has 0 radical (unpaired) electrons. The molecule has 0 saturated heterocycles. The van der Waals surface area contributed by atoms with Crippen LogP contribution in [0.4, 0.5) is 0 Å². The van der Waals surface area contributed by atoms with Crippen LogP contribution in [0.1, 0.15) is 0 Å². The van der Waals surface area contributed by atoms with Crippen molar-refractivity contribution in [1.82, 2.24) is 0 Å². The molecule has 6 rings (SSSR count). The third kappa shape index (κ3) is 4.88. The zero-order valence-electron chi connectivity index (χ0n) is 19.5. The Morgan fingerprint density at radius 3 is 1.50 bits per heavy atom. The molecule has 36 heavy (non-hydrogen) atoms. The highest BCUT2D eigenvalue weighted by Gasteiger charge is 2.22. The highest BCUT2D eigenvalue weighted by Crippen LogP contribution is 2.45. The van der Waals surface area contributed by atoms with Crippen LogP contribution >= 0.6 is 8.60 Å². The van der Waals surface area contributed by atoms with Gasteiger partial charge in [-0.15, -0.1) is 0 Å². The maximum atomic E-state index is 6.45. The third-order valence-corrected chi connectivity index (χ3v) is 7.01. The summed E-state index contributed by atoms with van der Waals surface area (Å²) < 4.78 is 19.2. The van der Waals surface area contributed by atoms with Crippen LogP contribution in [0.25, 0.3) is 32.7 Å². The van der Waals surface area contributed by atoms with Crippen LogP contribution in [-0.2, 0) is 0 Å². The van der Waals surface area contributed by atoms with E-state index in [1.807, 2.05) is 103 Å². The van der Waals surface area contributed by atoms with E-state index in [0.29, 0.717) is 17.2 Å². The Bertz CT molecular complexity index is 1550. The number of rotatable bonds is 7. The number of benzene rings is 6. The molecule has 3 nitrogen and oxygen atoms in total. The van der Waals surface area contributed by atoms with Crippen LogP contribution in [0, 0.1) is 0 Å². The Hall–Kier alpha value is -4.33. The van der Waals surface area contributed by atoms with Gasteiger partial charge in [0.2, 0.25) is 0 Å². The second-order valence-electron chi connectivity index (χ2n) is 8.38. The minimum atomic E-state index is -1.81. The van der Waals surface area contributed by atoms with E-state index in [4.69, 9.17) is 13.6 Å². The average Bonchev–Trinajstić information content (AvgIpc) is 2.94. The van der Waals surface area contributed by atoms with Crippen molar-refractivity contribution in [2.45, 2.75) is 0 Å². The van der Waals surface area contributed by atoms with Gasteiger partial charge in [0.1, 0.15) is 17.2 Å². The van der Waals surface area contributed by atoms with Crippen LogP contribution in [0.15, 0.2) is 140 Å². The predicted octanol–water partition coefficient (Wildman–Crippen LogP) is 9.42. The molecule has 6 aromatic rings. The summed E-state index contributed by atoms with van der Waals surface area (Å²) in [7, 11) is -1.81. The fraction of sp³-hybridized carbons (Fsp3) is 0. The molecule has 0 heterocycles. The zero-order chi connectivity index (χ0) is 24.2. The largest absolute Gasteiger partial charge is 0.530 e. The number of para-hydroxylation sites is 1. The molecule has 174 valence electrons. The summed E-state index contributed by atoms with van der Waals surface area (Å²) in [6.07, 6.45) is 0. The third-order valence-electron chi connectivity index (χ3n) is 5.95. The van der Waals surface area contributed by atoms with Crippen LogP contribution in [0.2, 0.25) is 0 Å². The molecule has 0 aliphatic heterocycles. The molecule has 0 fully saturated rings. The van der Waals surface area contributed by atoms with E-state index in [2.05, 4.69) is 36.4 Å². The lowest BCUT2D eigenvalue weighted by Crippen LogP contribution is -2.03. The van der Waals surface area contributed by atoms with Gasteiger partial charge in [0.25, 0.3) is 0 Å². The van der Waals surface area contributed by atoms with E-state index < -0.39 is 8.60 Å². The maximum Gasteiger partial charge on any atom is 0.530 e. The summed E-state index contributed by atoms with van der Waals surface area (Å²) in [6, 6.07) is 46.6. The summed E-state index contributed by atoms with van der Waals surface area (Å²) >= 11 is 0. The minimum Gasteiger partial charge on any atom is -0.408 e. The van der Waals surface area contributed by atoms with Gasteiger partial charge in [-0.2, -0.15) is 0 Å². The molecule has 0 atom stereocenters. The van der Waals surface area contributed by atoms with Crippen LogP contribution in [-0.4, -0.2) is 0 Å². The zero-order valence-corrected chi connectivity index (χ0v) is 20.3. The molecule has 4 heteroatoms. The fourth-order valence-corrected chi connectivity index (χ4v) is 5.16. The fourth-order valence-electron chi connectivity index (χ4n) is 4.16. The first kappa shape index (κ1) is 22.2. The van der Waals surface area contributed by atoms with Crippen molar-refractivity contribution in [1.29, 1.82) is 0 Å². The van der Waals surface area contributed by atoms with E-state index in [1.165, 1.54) is 0 Å². The van der Waals surface area contributed by atoms with Gasteiger partial charge in [0.05, 0.1) is 0 Å². The molecule has 0 aliphatic rings. The number of hydrogen-bond acceptors (Lipinski definition) is 3. The van der Waals surface area contributed by atoms with Crippen LogP contribution in [0.3, 0.4) is 0 Å². The topological polar surface area (TPSA) is 27.7 Å². The van der Waals surface area contributed by atoms with Crippen molar-refractivity contribution in [2.75, 3.05) is 0 Å². The molecule has 0 spiro atoms. The lowest BCUT2D eigenvalue weighted by molar-refractivity contribution is 0.389. The van der Waals surface area contributed by atoms with E-state index in [1.54, 1.807) is 0 Å². The SMILES string of the molecule is c1ccc(-c2ccccc2OP(Oc2ccc3ccccc3c2)Oc2ccc3ccccc3c2)cc1. The Kier molecular flexibility index (Phi) is 6.22. The highest BCUT2D eigenvalue weighted by atomic mass is 31.2. The van der Waals surface area contributed by atoms with Crippen LogP contribution in [0.5, 0.6) is 17.2 Å². The molecule has 0 aromatic heterocycles.